The molecule has 3 heterocycles. The fourth-order valence-electron chi connectivity index (χ4n) is 3.92. The first-order chi connectivity index (χ1) is 14.5. The molecule has 2 saturated carbocycles. The second kappa shape index (κ2) is 7.60. The van der Waals surface area contributed by atoms with Crippen LogP contribution in [-0.4, -0.2) is 50.3 Å². The molecule has 10 heteroatoms. The van der Waals surface area contributed by atoms with E-state index in [9.17, 15) is 14.7 Å². The molecule has 0 aromatic carbocycles. The highest BCUT2D eigenvalue weighted by molar-refractivity contribution is 6.14. The number of rotatable bonds is 6. The normalized spacial score (nSPS) is 25.4. The smallest absolute Gasteiger partial charge is 0.326 e. The van der Waals surface area contributed by atoms with Crippen molar-refractivity contribution in [1.29, 1.82) is 0 Å². The lowest BCUT2D eigenvalue weighted by Gasteiger charge is -2.26. The van der Waals surface area contributed by atoms with Crippen LogP contribution in [0.15, 0.2) is 18.0 Å². The quantitative estimate of drug-likeness (QED) is 0.359. The average molecular weight is 411 g/mol. The van der Waals surface area contributed by atoms with Gasteiger partial charge < -0.3 is 21.1 Å². The maximum Gasteiger partial charge on any atom is 0.326 e. The third-order valence-electron chi connectivity index (χ3n) is 5.84. The van der Waals surface area contributed by atoms with E-state index in [0.717, 1.165) is 43.9 Å². The number of carbonyl (C=O) groups is 2. The van der Waals surface area contributed by atoms with E-state index >= 15 is 0 Å². The number of anilines is 2. The topological polar surface area (TPSA) is 133 Å². The number of aliphatic hydroxyl groups is 1. The van der Waals surface area contributed by atoms with Crippen molar-refractivity contribution in [3.8, 4) is 0 Å². The van der Waals surface area contributed by atoms with E-state index in [2.05, 4.69) is 26.4 Å². The van der Waals surface area contributed by atoms with Gasteiger partial charge in [0.2, 0.25) is 0 Å². The number of amides is 3. The standard InChI is InChI=1S/C20H25N7O3/c28-14-5-3-13(4-6-14)23-16-8-17(21-9-11-1-2-11)27-18(25-16)12(10-22-27)7-15-19(29)26-20(30)24-15/h7-8,10-11,13-14,21,28H,1-6,9H2,(H,23,25)(H2,24,26,29,30)/b15-7-/t13-,14-. The highest BCUT2D eigenvalue weighted by Gasteiger charge is 2.25. The van der Waals surface area contributed by atoms with Crippen LogP contribution in [0.5, 0.6) is 0 Å². The monoisotopic (exact) mass is 411 g/mol. The molecule has 2 aliphatic carbocycles. The minimum Gasteiger partial charge on any atom is -0.393 e. The molecule has 0 bridgehead atoms. The molecule has 0 radical (unpaired) electrons. The Kier molecular flexibility index (Phi) is 4.78. The van der Waals surface area contributed by atoms with Crippen LogP contribution < -0.4 is 21.3 Å². The Labute approximate surface area is 173 Å². The van der Waals surface area contributed by atoms with E-state index in [1.54, 1.807) is 16.8 Å². The lowest BCUT2D eigenvalue weighted by molar-refractivity contribution is -0.115. The summed E-state index contributed by atoms with van der Waals surface area (Å²) in [6, 6.07) is 1.67. The first-order valence-corrected chi connectivity index (χ1v) is 10.5. The van der Waals surface area contributed by atoms with Crippen molar-refractivity contribution in [3.05, 3.63) is 23.5 Å². The fraction of sp³-hybridized carbons (Fsp3) is 0.500. The molecule has 158 valence electrons. The highest BCUT2D eigenvalue weighted by atomic mass is 16.3. The zero-order valence-electron chi connectivity index (χ0n) is 16.5. The Balaban J connectivity index is 1.47. The van der Waals surface area contributed by atoms with Crippen molar-refractivity contribution in [3.63, 3.8) is 0 Å². The number of fused-ring (bicyclic) bond motifs is 1. The van der Waals surface area contributed by atoms with Crippen LogP contribution in [0.2, 0.25) is 0 Å². The third-order valence-corrected chi connectivity index (χ3v) is 5.84. The summed E-state index contributed by atoms with van der Waals surface area (Å²) in [7, 11) is 0. The average Bonchev–Trinajstić information content (AvgIpc) is 3.39. The number of imide groups is 1. The molecule has 2 aromatic heterocycles. The van der Waals surface area contributed by atoms with Crippen LogP contribution in [0.1, 0.15) is 44.1 Å². The van der Waals surface area contributed by atoms with Crippen molar-refractivity contribution >= 4 is 35.3 Å². The van der Waals surface area contributed by atoms with E-state index in [4.69, 9.17) is 4.98 Å². The number of hydrogen-bond acceptors (Lipinski definition) is 7. The van der Waals surface area contributed by atoms with Gasteiger partial charge in [-0.2, -0.15) is 9.61 Å². The predicted molar refractivity (Wildman–Crippen MR) is 111 cm³/mol. The van der Waals surface area contributed by atoms with Crippen molar-refractivity contribution in [2.45, 2.75) is 50.7 Å². The van der Waals surface area contributed by atoms with Gasteiger partial charge in [0.25, 0.3) is 5.91 Å². The van der Waals surface area contributed by atoms with Gasteiger partial charge in [-0.3, -0.25) is 10.1 Å². The Bertz CT molecular complexity index is 1020. The Morgan fingerprint density at radius 2 is 1.97 bits per heavy atom. The summed E-state index contributed by atoms with van der Waals surface area (Å²) in [6.07, 6.45) is 8.83. The van der Waals surface area contributed by atoms with Gasteiger partial charge >= 0.3 is 6.03 Å². The van der Waals surface area contributed by atoms with E-state index in [1.807, 2.05) is 6.07 Å². The van der Waals surface area contributed by atoms with Gasteiger partial charge in [0.15, 0.2) is 5.65 Å². The predicted octanol–water partition coefficient (Wildman–Crippen LogP) is 1.45. The van der Waals surface area contributed by atoms with Crippen LogP contribution in [-0.2, 0) is 4.79 Å². The first-order valence-electron chi connectivity index (χ1n) is 10.5. The number of urea groups is 1. The van der Waals surface area contributed by atoms with Gasteiger partial charge in [-0.1, -0.05) is 0 Å². The summed E-state index contributed by atoms with van der Waals surface area (Å²) in [5.41, 5.74) is 1.40. The van der Waals surface area contributed by atoms with Crippen LogP contribution >= 0.6 is 0 Å². The number of nitrogens with one attached hydrogen (secondary N) is 4. The molecule has 3 fully saturated rings. The third kappa shape index (κ3) is 3.95. The van der Waals surface area contributed by atoms with E-state index in [-0.39, 0.29) is 17.8 Å². The Hall–Kier alpha value is -3.14. The van der Waals surface area contributed by atoms with Crippen molar-refractivity contribution in [1.82, 2.24) is 25.2 Å². The first kappa shape index (κ1) is 18.9. The summed E-state index contributed by atoms with van der Waals surface area (Å²) >= 11 is 0. The van der Waals surface area contributed by atoms with E-state index in [1.165, 1.54) is 12.8 Å². The molecule has 2 aromatic rings. The summed E-state index contributed by atoms with van der Waals surface area (Å²) < 4.78 is 1.72. The molecule has 1 aliphatic heterocycles. The fourth-order valence-corrected chi connectivity index (χ4v) is 3.92. The second-order valence-corrected chi connectivity index (χ2v) is 8.30. The molecule has 30 heavy (non-hydrogen) atoms. The van der Waals surface area contributed by atoms with E-state index < -0.39 is 11.9 Å². The highest BCUT2D eigenvalue weighted by Crippen LogP contribution is 2.30. The van der Waals surface area contributed by atoms with Gasteiger partial charge in [-0.05, 0) is 50.5 Å². The molecular weight excluding hydrogens is 386 g/mol. The van der Waals surface area contributed by atoms with Gasteiger partial charge in [0.1, 0.15) is 17.3 Å². The SMILES string of the molecule is O=C1NC(=O)/C(=C/c2cnn3c(NCC4CC4)cc(N[C@H]4CC[C@H](O)CC4)nc23)N1. The minimum atomic E-state index is -0.538. The molecular formula is C20H25N7O3. The van der Waals surface area contributed by atoms with Crippen molar-refractivity contribution in [2.24, 2.45) is 5.92 Å². The zero-order valence-corrected chi connectivity index (χ0v) is 16.5. The van der Waals surface area contributed by atoms with Crippen LogP contribution in [0.25, 0.3) is 11.7 Å². The maximum absolute atomic E-state index is 11.9. The number of hydrogen-bond donors (Lipinski definition) is 5. The Morgan fingerprint density at radius 1 is 1.17 bits per heavy atom. The van der Waals surface area contributed by atoms with Crippen molar-refractivity contribution < 1.29 is 14.7 Å². The largest absolute Gasteiger partial charge is 0.393 e. The van der Waals surface area contributed by atoms with Crippen LogP contribution in [0, 0.1) is 5.92 Å². The molecule has 3 amide bonds. The lowest BCUT2D eigenvalue weighted by atomic mass is 9.93. The summed E-state index contributed by atoms with van der Waals surface area (Å²) in [6.45, 7) is 0.878. The maximum atomic E-state index is 11.9. The number of aliphatic hydroxyl groups excluding tert-OH is 1. The minimum absolute atomic E-state index is 0.170. The van der Waals surface area contributed by atoms with Gasteiger partial charge in [0.05, 0.1) is 12.3 Å². The summed E-state index contributed by atoms with van der Waals surface area (Å²) in [5, 5.41) is 25.9. The van der Waals surface area contributed by atoms with Gasteiger partial charge in [-0.15, -0.1) is 0 Å². The van der Waals surface area contributed by atoms with Gasteiger partial charge in [-0.25, -0.2) is 9.78 Å². The summed E-state index contributed by atoms with van der Waals surface area (Å²) in [4.78, 5) is 28.0. The summed E-state index contributed by atoms with van der Waals surface area (Å²) in [5.74, 6) is 1.78. The number of aromatic nitrogens is 3. The molecule has 5 rings (SSSR count). The molecule has 0 spiro atoms. The number of carbonyl (C=O) groups excluding carboxylic acids is 2. The van der Waals surface area contributed by atoms with Crippen molar-refractivity contribution in [2.75, 3.05) is 17.2 Å². The number of nitrogens with zero attached hydrogens (tertiary/aromatic N) is 3. The molecule has 1 saturated heterocycles. The molecule has 0 unspecified atom stereocenters. The van der Waals surface area contributed by atoms with Crippen LogP contribution in [0.3, 0.4) is 0 Å². The van der Waals surface area contributed by atoms with Gasteiger partial charge in [0, 0.05) is 24.2 Å². The molecule has 3 aliphatic rings. The van der Waals surface area contributed by atoms with E-state index in [0.29, 0.717) is 17.1 Å². The zero-order chi connectivity index (χ0) is 20.7. The molecule has 10 nitrogen and oxygen atoms in total. The van der Waals surface area contributed by atoms with Crippen LogP contribution in [0.4, 0.5) is 16.4 Å². The lowest BCUT2D eigenvalue weighted by Crippen LogP contribution is -2.28. The molecule has 5 N–H and O–H groups in total. The Morgan fingerprint density at radius 3 is 2.67 bits per heavy atom. The molecule has 0 atom stereocenters. The second-order valence-electron chi connectivity index (χ2n) is 8.30.